The summed E-state index contributed by atoms with van der Waals surface area (Å²) in [6.07, 6.45) is 1.92. The van der Waals surface area contributed by atoms with Crippen molar-refractivity contribution < 1.29 is 4.74 Å². The second-order valence-corrected chi connectivity index (χ2v) is 3.50. The van der Waals surface area contributed by atoms with E-state index in [1.54, 1.807) is 7.11 Å². The molecule has 0 aliphatic rings. The van der Waals surface area contributed by atoms with E-state index in [0.717, 1.165) is 17.9 Å². The average molecular weight is 205 g/mol. The molecule has 0 spiro atoms. The lowest BCUT2D eigenvalue weighted by atomic mass is 10.0. The minimum absolute atomic E-state index is 0.222. The lowest BCUT2D eigenvalue weighted by Gasteiger charge is -2.15. The maximum Gasteiger partial charge on any atom is 0.121 e. The molecule has 0 saturated carbocycles. The molecule has 1 aromatic carbocycles. The smallest absolute Gasteiger partial charge is 0.121 e. The number of aryl methyl sites for hydroxylation is 1. The van der Waals surface area contributed by atoms with E-state index >= 15 is 0 Å². The highest BCUT2D eigenvalue weighted by Gasteiger charge is 2.07. The van der Waals surface area contributed by atoms with E-state index in [1.165, 1.54) is 5.56 Å². The van der Waals surface area contributed by atoms with E-state index in [4.69, 9.17) is 4.74 Å². The molecule has 0 aliphatic heterocycles. The van der Waals surface area contributed by atoms with Gasteiger partial charge in [-0.2, -0.15) is 0 Å². The second-order valence-electron chi connectivity index (χ2n) is 3.50. The highest BCUT2D eigenvalue weighted by atomic mass is 16.5. The van der Waals surface area contributed by atoms with Gasteiger partial charge in [0, 0.05) is 0 Å². The molecule has 0 bridgehead atoms. The third kappa shape index (κ3) is 2.83. The predicted octanol–water partition coefficient (Wildman–Crippen LogP) is 2.84. The zero-order chi connectivity index (χ0) is 11.3. The molecule has 0 fully saturated rings. The summed E-state index contributed by atoms with van der Waals surface area (Å²) in [4.78, 5) is 0. The quantitative estimate of drug-likeness (QED) is 0.746. The normalized spacial score (nSPS) is 12.2. The Morgan fingerprint density at radius 1 is 1.53 bits per heavy atom. The first-order chi connectivity index (χ1) is 7.22. The maximum absolute atomic E-state index is 5.23. The molecule has 1 N–H and O–H groups in total. The van der Waals surface area contributed by atoms with Crippen molar-refractivity contribution in [2.75, 3.05) is 13.7 Å². The summed E-state index contributed by atoms with van der Waals surface area (Å²) in [5, 5.41) is 3.35. The van der Waals surface area contributed by atoms with Crippen LogP contribution in [0, 0.1) is 6.92 Å². The first kappa shape index (κ1) is 11.8. The molecular weight excluding hydrogens is 186 g/mol. The summed E-state index contributed by atoms with van der Waals surface area (Å²) in [7, 11) is 1.69. The molecule has 2 nitrogen and oxygen atoms in total. The van der Waals surface area contributed by atoms with Crippen LogP contribution in [0.25, 0.3) is 0 Å². The van der Waals surface area contributed by atoms with Crippen LogP contribution < -0.4 is 10.1 Å². The van der Waals surface area contributed by atoms with Crippen LogP contribution >= 0.6 is 0 Å². The Labute approximate surface area is 92.0 Å². The predicted molar refractivity (Wildman–Crippen MR) is 64.3 cm³/mol. The molecule has 1 rings (SSSR count). The molecule has 0 heterocycles. The number of benzene rings is 1. The van der Waals surface area contributed by atoms with Crippen molar-refractivity contribution in [3.63, 3.8) is 0 Å². The fraction of sp³-hybridized carbons (Fsp3) is 0.385. The number of likely N-dealkylation sites (N-methyl/N-ethyl adjacent to an activating group) is 1. The Balaban J connectivity index is 2.94. The summed E-state index contributed by atoms with van der Waals surface area (Å²) in [5.41, 5.74) is 2.38. The van der Waals surface area contributed by atoms with Gasteiger partial charge in [0.1, 0.15) is 5.75 Å². The van der Waals surface area contributed by atoms with E-state index in [2.05, 4.69) is 37.9 Å². The zero-order valence-corrected chi connectivity index (χ0v) is 9.71. The Morgan fingerprint density at radius 3 is 2.73 bits per heavy atom. The highest BCUT2D eigenvalue weighted by Crippen LogP contribution is 2.22. The summed E-state index contributed by atoms with van der Waals surface area (Å²) in [6.45, 7) is 8.91. The molecule has 82 valence electrons. The lowest BCUT2D eigenvalue weighted by Crippen LogP contribution is -2.18. The minimum Gasteiger partial charge on any atom is -0.496 e. The van der Waals surface area contributed by atoms with Crippen molar-refractivity contribution >= 4 is 0 Å². The molecule has 0 radical (unpaired) electrons. The highest BCUT2D eigenvalue weighted by molar-refractivity contribution is 5.38. The van der Waals surface area contributed by atoms with Gasteiger partial charge in [-0.1, -0.05) is 25.1 Å². The van der Waals surface area contributed by atoms with Crippen LogP contribution in [0.2, 0.25) is 0 Å². The Hall–Kier alpha value is -1.28. The SMILES string of the molecule is C=CC(NCC)c1ccc(OC)c(C)c1. The molecule has 0 aliphatic carbocycles. The molecule has 1 aromatic rings. The van der Waals surface area contributed by atoms with Crippen LogP contribution in [0.5, 0.6) is 5.75 Å². The molecular formula is C13H19NO. The molecule has 1 unspecified atom stereocenters. The van der Waals surface area contributed by atoms with Gasteiger partial charge in [-0.15, -0.1) is 6.58 Å². The van der Waals surface area contributed by atoms with E-state index in [-0.39, 0.29) is 6.04 Å². The van der Waals surface area contributed by atoms with Crippen LogP contribution in [0.4, 0.5) is 0 Å². The third-order valence-corrected chi connectivity index (χ3v) is 2.44. The molecule has 0 aromatic heterocycles. The van der Waals surface area contributed by atoms with Gasteiger partial charge in [0.2, 0.25) is 0 Å². The van der Waals surface area contributed by atoms with Gasteiger partial charge < -0.3 is 10.1 Å². The van der Waals surface area contributed by atoms with E-state index < -0.39 is 0 Å². The number of methoxy groups -OCH3 is 1. The number of nitrogens with one attached hydrogen (secondary N) is 1. The molecule has 2 heteroatoms. The Bertz CT molecular complexity index is 333. The van der Waals surface area contributed by atoms with Crippen LogP contribution in [0.1, 0.15) is 24.1 Å². The molecule has 0 amide bonds. The number of hydrogen-bond acceptors (Lipinski definition) is 2. The van der Waals surface area contributed by atoms with Crippen molar-refractivity contribution in [2.45, 2.75) is 19.9 Å². The first-order valence-electron chi connectivity index (χ1n) is 5.23. The van der Waals surface area contributed by atoms with E-state index in [1.807, 2.05) is 12.1 Å². The standard InChI is InChI=1S/C13H19NO/c1-5-12(14-6-2)11-7-8-13(15-4)10(3)9-11/h5,7-9,12,14H,1,6H2,2-4H3. The van der Waals surface area contributed by atoms with E-state index in [9.17, 15) is 0 Å². The molecule has 1 atom stereocenters. The van der Waals surface area contributed by atoms with Crippen molar-refractivity contribution in [1.82, 2.24) is 5.32 Å². The van der Waals surface area contributed by atoms with Crippen LogP contribution in [0.3, 0.4) is 0 Å². The number of rotatable bonds is 5. The molecule has 0 saturated heterocycles. The summed E-state index contributed by atoms with van der Waals surface area (Å²) in [5.74, 6) is 0.929. The fourth-order valence-electron chi connectivity index (χ4n) is 1.65. The van der Waals surface area contributed by atoms with Gasteiger partial charge in [-0.05, 0) is 30.7 Å². The van der Waals surface area contributed by atoms with Crippen LogP contribution in [-0.4, -0.2) is 13.7 Å². The van der Waals surface area contributed by atoms with Crippen molar-refractivity contribution in [3.05, 3.63) is 42.0 Å². The lowest BCUT2D eigenvalue weighted by molar-refractivity contribution is 0.411. The van der Waals surface area contributed by atoms with E-state index in [0.29, 0.717) is 0 Å². The third-order valence-electron chi connectivity index (χ3n) is 2.44. The van der Waals surface area contributed by atoms with Gasteiger partial charge in [0.25, 0.3) is 0 Å². The van der Waals surface area contributed by atoms with Gasteiger partial charge in [0.05, 0.1) is 13.2 Å². The zero-order valence-electron chi connectivity index (χ0n) is 9.71. The van der Waals surface area contributed by atoms with Gasteiger partial charge in [0.15, 0.2) is 0 Å². The summed E-state index contributed by atoms with van der Waals surface area (Å²) < 4.78 is 5.23. The van der Waals surface area contributed by atoms with Gasteiger partial charge in [-0.25, -0.2) is 0 Å². The topological polar surface area (TPSA) is 21.3 Å². The Kier molecular flexibility index (Phi) is 4.37. The number of hydrogen-bond donors (Lipinski definition) is 1. The summed E-state index contributed by atoms with van der Waals surface area (Å²) in [6, 6.07) is 6.42. The largest absolute Gasteiger partial charge is 0.496 e. The van der Waals surface area contributed by atoms with Gasteiger partial charge in [-0.3, -0.25) is 0 Å². The van der Waals surface area contributed by atoms with Crippen molar-refractivity contribution in [3.8, 4) is 5.75 Å². The summed E-state index contributed by atoms with van der Waals surface area (Å²) >= 11 is 0. The van der Waals surface area contributed by atoms with Crippen LogP contribution in [-0.2, 0) is 0 Å². The second kappa shape index (κ2) is 5.56. The van der Waals surface area contributed by atoms with Gasteiger partial charge >= 0.3 is 0 Å². The van der Waals surface area contributed by atoms with Crippen molar-refractivity contribution in [1.29, 1.82) is 0 Å². The minimum atomic E-state index is 0.222. The number of ether oxygens (including phenoxy) is 1. The maximum atomic E-state index is 5.23. The van der Waals surface area contributed by atoms with Crippen molar-refractivity contribution in [2.24, 2.45) is 0 Å². The first-order valence-corrected chi connectivity index (χ1v) is 5.23. The molecule has 15 heavy (non-hydrogen) atoms. The monoisotopic (exact) mass is 205 g/mol. The van der Waals surface area contributed by atoms with Crippen LogP contribution in [0.15, 0.2) is 30.9 Å². The fourth-order valence-corrected chi connectivity index (χ4v) is 1.65. The Morgan fingerprint density at radius 2 is 2.27 bits per heavy atom. The average Bonchev–Trinajstić information content (AvgIpc) is 2.25.